The predicted octanol–water partition coefficient (Wildman–Crippen LogP) is 2.08. The van der Waals surface area contributed by atoms with Crippen molar-refractivity contribution >= 4 is 11.2 Å². The highest BCUT2D eigenvalue weighted by molar-refractivity contribution is 5.74. The lowest BCUT2D eigenvalue weighted by Crippen LogP contribution is -1.91. The van der Waals surface area contributed by atoms with Crippen LogP contribution >= 0.6 is 0 Å². The molecule has 0 bridgehead atoms. The second-order valence-corrected chi connectivity index (χ2v) is 2.91. The Morgan fingerprint density at radius 3 is 2.92 bits per heavy atom. The number of aryl methyl sites for hydroxylation is 1. The topological polar surface area (TPSA) is 30.4 Å². The molecule has 2 aromatic rings. The molecule has 0 aliphatic rings. The molecule has 0 aliphatic heterocycles. The van der Waals surface area contributed by atoms with E-state index in [0.717, 1.165) is 17.6 Å². The highest BCUT2D eigenvalue weighted by Gasteiger charge is 2.01. The minimum Gasteiger partial charge on any atom is -0.397 e. The summed E-state index contributed by atoms with van der Waals surface area (Å²) in [5.74, 6) is 0. The maximum atomic E-state index is 5.83. The summed E-state index contributed by atoms with van der Waals surface area (Å²) in [7, 11) is 0. The van der Waals surface area contributed by atoms with Crippen LogP contribution in [0, 0.1) is 0 Å². The van der Waals surface area contributed by atoms with E-state index in [1.54, 1.807) is 0 Å². The summed E-state index contributed by atoms with van der Waals surface area (Å²) in [5, 5.41) is 0. The Kier molecular flexibility index (Phi) is 1.54. The van der Waals surface area contributed by atoms with Crippen LogP contribution in [-0.4, -0.2) is 4.40 Å². The Labute approximate surface area is 71.6 Å². The number of anilines is 1. The zero-order valence-corrected chi connectivity index (χ0v) is 7.12. The molecule has 0 aliphatic carbocycles. The van der Waals surface area contributed by atoms with E-state index in [-0.39, 0.29) is 0 Å². The molecular formula is C10H12N2. The van der Waals surface area contributed by atoms with Gasteiger partial charge < -0.3 is 10.1 Å². The molecule has 2 aromatic heterocycles. The first kappa shape index (κ1) is 7.22. The van der Waals surface area contributed by atoms with Crippen molar-refractivity contribution in [1.29, 1.82) is 0 Å². The average Bonchev–Trinajstić information content (AvgIpc) is 2.48. The van der Waals surface area contributed by atoms with Crippen molar-refractivity contribution in [3.05, 3.63) is 36.2 Å². The zero-order chi connectivity index (χ0) is 8.55. The number of aromatic nitrogens is 1. The SMILES string of the molecule is CCc1cccn2ccc(N)c12. The van der Waals surface area contributed by atoms with Crippen LogP contribution in [0.25, 0.3) is 5.52 Å². The highest BCUT2D eigenvalue weighted by Crippen LogP contribution is 2.19. The second-order valence-electron chi connectivity index (χ2n) is 2.91. The first-order valence-corrected chi connectivity index (χ1v) is 4.17. The number of hydrogen-bond acceptors (Lipinski definition) is 1. The molecule has 0 saturated carbocycles. The molecule has 0 radical (unpaired) electrons. The van der Waals surface area contributed by atoms with Crippen LogP contribution in [0.4, 0.5) is 5.69 Å². The molecule has 2 N–H and O–H groups in total. The van der Waals surface area contributed by atoms with Crippen LogP contribution in [-0.2, 0) is 6.42 Å². The monoisotopic (exact) mass is 160 g/mol. The molecule has 2 heterocycles. The number of hydrogen-bond donors (Lipinski definition) is 1. The lowest BCUT2D eigenvalue weighted by atomic mass is 10.2. The lowest BCUT2D eigenvalue weighted by Gasteiger charge is -2.01. The molecule has 0 aromatic carbocycles. The van der Waals surface area contributed by atoms with Crippen molar-refractivity contribution < 1.29 is 0 Å². The van der Waals surface area contributed by atoms with E-state index in [4.69, 9.17) is 5.73 Å². The van der Waals surface area contributed by atoms with Crippen molar-refractivity contribution in [1.82, 2.24) is 4.40 Å². The van der Waals surface area contributed by atoms with E-state index in [1.165, 1.54) is 5.56 Å². The van der Waals surface area contributed by atoms with Crippen LogP contribution in [0.1, 0.15) is 12.5 Å². The molecule has 0 saturated heterocycles. The first-order valence-electron chi connectivity index (χ1n) is 4.17. The van der Waals surface area contributed by atoms with E-state index in [1.807, 2.05) is 24.5 Å². The molecule has 62 valence electrons. The molecule has 0 amide bonds. The standard InChI is InChI=1S/C10H12N2/c1-2-8-4-3-6-12-7-5-9(11)10(8)12/h3-7H,2,11H2,1H3. The molecule has 12 heavy (non-hydrogen) atoms. The summed E-state index contributed by atoms with van der Waals surface area (Å²) in [6, 6.07) is 6.10. The van der Waals surface area contributed by atoms with Crippen LogP contribution in [0.5, 0.6) is 0 Å². The van der Waals surface area contributed by atoms with E-state index in [2.05, 4.69) is 17.4 Å². The average molecular weight is 160 g/mol. The second kappa shape index (κ2) is 2.55. The van der Waals surface area contributed by atoms with Gasteiger partial charge in [-0.3, -0.25) is 0 Å². The largest absolute Gasteiger partial charge is 0.397 e. The minimum absolute atomic E-state index is 0.868. The Morgan fingerprint density at radius 2 is 2.17 bits per heavy atom. The van der Waals surface area contributed by atoms with Gasteiger partial charge in [-0.1, -0.05) is 13.0 Å². The van der Waals surface area contributed by atoms with Gasteiger partial charge in [-0.05, 0) is 24.1 Å². The van der Waals surface area contributed by atoms with Gasteiger partial charge in [0, 0.05) is 12.4 Å². The summed E-state index contributed by atoms with van der Waals surface area (Å²) in [4.78, 5) is 0. The van der Waals surface area contributed by atoms with E-state index < -0.39 is 0 Å². The predicted molar refractivity (Wildman–Crippen MR) is 51.2 cm³/mol. The smallest absolute Gasteiger partial charge is 0.0713 e. The van der Waals surface area contributed by atoms with Gasteiger partial charge in [-0.2, -0.15) is 0 Å². The quantitative estimate of drug-likeness (QED) is 0.680. The van der Waals surface area contributed by atoms with Gasteiger partial charge in [0.15, 0.2) is 0 Å². The Hall–Kier alpha value is -1.44. The fraction of sp³-hybridized carbons (Fsp3) is 0.200. The fourth-order valence-electron chi connectivity index (χ4n) is 1.55. The van der Waals surface area contributed by atoms with Crippen LogP contribution in [0.3, 0.4) is 0 Å². The molecule has 0 fully saturated rings. The summed E-state index contributed by atoms with van der Waals surface area (Å²) in [5.41, 5.74) is 9.16. The summed E-state index contributed by atoms with van der Waals surface area (Å²) in [6.45, 7) is 2.14. The minimum atomic E-state index is 0.868. The Bertz CT molecular complexity index is 401. The van der Waals surface area contributed by atoms with Gasteiger partial charge in [0.2, 0.25) is 0 Å². The number of pyridine rings is 1. The van der Waals surface area contributed by atoms with E-state index >= 15 is 0 Å². The van der Waals surface area contributed by atoms with E-state index in [0.29, 0.717) is 0 Å². The number of fused-ring (bicyclic) bond motifs is 1. The summed E-state index contributed by atoms with van der Waals surface area (Å²) < 4.78 is 2.06. The number of nitrogen functional groups attached to an aromatic ring is 1. The van der Waals surface area contributed by atoms with E-state index in [9.17, 15) is 0 Å². The van der Waals surface area contributed by atoms with Crippen molar-refractivity contribution in [2.24, 2.45) is 0 Å². The normalized spacial score (nSPS) is 10.8. The van der Waals surface area contributed by atoms with Crippen LogP contribution < -0.4 is 5.73 Å². The maximum absolute atomic E-state index is 5.83. The third kappa shape index (κ3) is 0.881. The third-order valence-electron chi connectivity index (χ3n) is 2.18. The van der Waals surface area contributed by atoms with Gasteiger partial charge in [0.05, 0.1) is 11.2 Å². The van der Waals surface area contributed by atoms with Crippen molar-refractivity contribution in [3.63, 3.8) is 0 Å². The molecular weight excluding hydrogens is 148 g/mol. The maximum Gasteiger partial charge on any atom is 0.0713 e. The zero-order valence-electron chi connectivity index (χ0n) is 7.12. The lowest BCUT2D eigenvalue weighted by molar-refractivity contribution is 1.10. The fourth-order valence-corrected chi connectivity index (χ4v) is 1.55. The van der Waals surface area contributed by atoms with Gasteiger partial charge in [-0.25, -0.2) is 0 Å². The van der Waals surface area contributed by atoms with Gasteiger partial charge in [-0.15, -0.1) is 0 Å². The van der Waals surface area contributed by atoms with Crippen molar-refractivity contribution in [2.45, 2.75) is 13.3 Å². The molecule has 0 unspecified atom stereocenters. The van der Waals surface area contributed by atoms with Crippen LogP contribution in [0.2, 0.25) is 0 Å². The number of rotatable bonds is 1. The molecule has 0 spiro atoms. The summed E-state index contributed by atoms with van der Waals surface area (Å²) >= 11 is 0. The molecule has 2 heteroatoms. The Balaban J connectivity index is 2.84. The van der Waals surface area contributed by atoms with Crippen molar-refractivity contribution in [2.75, 3.05) is 5.73 Å². The number of nitrogens with two attached hydrogens (primary N) is 1. The summed E-state index contributed by atoms with van der Waals surface area (Å²) in [6.07, 6.45) is 5.03. The number of nitrogens with zero attached hydrogens (tertiary/aromatic N) is 1. The third-order valence-corrected chi connectivity index (χ3v) is 2.18. The molecule has 2 nitrogen and oxygen atoms in total. The Morgan fingerprint density at radius 1 is 1.33 bits per heavy atom. The van der Waals surface area contributed by atoms with Gasteiger partial charge >= 0.3 is 0 Å². The van der Waals surface area contributed by atoms with Gasteiger partial charge in [0.25, 0.3) is 0 Å². The van der Waals surface area contributed by atoms with Crippen molar-refractivity contribution in [3.8, 4) is 0 Å². The highest BCUT2D eigenvalue weighted by atomic mass is 14.9. The molecule has 0 atom stereocenters. The first-order chi connectivity index (χ1) is 5.83. The van der Waals surface area contributed by atoms with Crippen LogP contribution in [0.15, 0.2) is 30.6 Å². The van der Waals surface area contributed by atoms with Gasteiger partial charge in [0.1, 0.15) is 0 Å². The molecule has 2 rings (SSSR count).